The van der Waals surface area contributed by atoms with Crippen molar-refractivity contribution in [2.75, 3.05) is 13.3 Å². The summed E-state index contributed by atoms with van der Waals surface area (Å²) < 4.78 is 66.8. The minimum atomic E-state index is -4.12. The lowest BCUT2D eigenvalue weighted by molar-refractivity contribution is 0.587. The van der Waals surface area contributed by atoms with Gasteiger partial charge in [-0.2, -0.15) is 0 Å². The lowest BCUT2D eigenvalue weighted by Gasteiger charge is -2.12. The molecule has 4 aromatic rings. The second-order valence-electron chi connectivity index (χ2n) is 7.75. The van der Waals surface area contributed by atoms with Crippen LogP contribution in [0.3, 0.4) is 0 Å². The highest BCUT2D eigenvalue weighted by molar-refractivity contribution is 7.90. The Balaban J connectivity index is 1.85. The fraction of sp³-hybridized carbons (Fsp3) is 0.125. The quantitative estimate of drug-likeness (QED) is 0.416. The van der Waals surface area contributed by atoms with Gasteiger partial charge in [-0.3, -0.25) is 4.98 Å². The van der Waals surface area contributed by atoms with Crippen molar-refractivity contribution in [3.05, 3.63) is 90.6 Å². The molecule has 0 radical (unpaired) electrons. The second-order valence-corrected chi connectivity index (χ2v) is 11.6. The predicted octanol–water partition coefficient (Wildman–Crippen LogP) is 3.72. The third kappa shape index (κ3) is 4.65. The van der Waals surface area contributed by atoms with Gasteiger partial charge >= 0.3 is 0 Å². The molecule has 7 nitrogen and oxygen atoms in total. The molecule has 0 saturated heterocycles. The Bertz CT molecular complexity index is 1580. The number of nitrogens with zero attached hydrogens (tertiary/aromatic N) is 2. The molecule has 0 aliphatic heterocycles. The molecule has 0 fully saturated rings. The summed E-state index contributed by atoms with van der Waals surface area (Å²) in [5.74, 6) is -0.537. The topological polar surface area (TPSA) is 98.1 Å². The number of nitrogens with one attached hydrogen (secondary N) is 1. The fourth-order valence-corrected chi connectivity index (χ4v) is 5.62. The van der Waals surface area contributed by atoms with Gasteiger partial charge in [-0.1, -0.05) is 24.3 Å². The van der Waals surface area contributed by atoms with Gasteiger partial charge in [0.1, 0.15) is 5.82 Å². The molecule has 1 N–H and O–H groups in total. The van der Waals surface area contributed by atoms with Crippen molar-refractivity contribution in [1.29, 1.82) is 0 Å². The first kappa shape index (κ1) is 23.8. The van der Waals surface area contributed by atoms with Gasteiger partial charge in [0, 0.05) is 42.5 Å². The van der Waals surface area contributed by atoms with Crippen molar-refractivity contribution in [3.8, 4) is 22.4 Å². The van der Waals surface area contributed by atoms with Crippen LogP contribution in [0.1, 0.15) is 5.56 Å². The van der Waals surface area contributed by atoms with Crippen LogP contribution >= 0.6 is 0 Å². The smallest absolute Gasteiger partial charge is 0.268 e. The first-order chi connectivity index (χ1) is 16.1. The van der Waals surface area contributed by atoms with E-state index in [1.54, 1.807) is 31.3 Å². The molecule has 34 heavy (non-hydrogen) atoms. The van der Waals surface area contributed by atoms with Crippen LogP contribution in [0.25, 0.3) is 22.4 Å². The van der Waals surface area contributed by atoms with Crippen LogP contribution in [0.15, 0.2) is 89.0 Å². The summed E-state index contributed by atoms with van der Waals surface area (Å²) in [6.07, 6.45) is 5.24. The summed E-state index contributed by atoms with van der Waals surface area (Å²) in [6.45, 7) is 0.397. The number of sulfone groups is 1. The van der Waals surface area contributed by atoms with Crippen LogP contribution in [0, 0.1) is 5.82 Å². The van der Waals surface area contributed by atoms with Crippen LogP contribution in [0.2, 0.25) is 0 Å². The maximum atomic E-state index is 14.6. The van der Waals surface area contributed by atoms with Crippen molar-refractivity contribution < 1.29 is 21.2 Å². The van der Waals surface area contributed by atoms with Gasteiger partial charge in [-0.15, -0.1) is 0 Å². The lowest BCUT2D eigenvalue weighted by atomic mass is 10.1. The van der Waals surface area contributed by atoms with Crippen molar-refractivity contribution in [2.45, 2.75) is 16.3 Å². The maximum Gasteiger partial charge on any atom is 0.268 e. The summed E-state index contributed by atoms with van der Waals surface area (Å²) >= 11 is 0. The Morgan fingerprint density at radius 3 is 2.35 bits per heavy atom. The molecule has 0 aliphatic carbocycles. The Hall–Kier alpha value is -3.34. The van der Waals surface area contributed by atoms with Gasteiger partial charge in [-0.05, 0) is 54.6 Å². The van der Waals surface area contributed by atoms with Gasteiger partial charge in [0.15, 0.2) is 9.84 Å². The number of halogens is 1. The summed E-state index contributed by atoms with van der Waals surface area (Å²) in [6, 6.07) is 15.2. The highest BCUT2D eigenvalue weighted by atomic mass is 32.2. The normalized spacial score (nSPS) is 12.1. The zero-order chi connectivity index (χ0) is 24.5. The van der Waals surface area contributed by atoms with E-state index in [0.29, 0.717) is 23.2 Å². The van der Waals surface area contributed by atoms with Gasteiger partial charge in [0.05, 0.1) is 15.5 Å². The van der Waals surface area contributed by atoms with E-state index in [4.69, 9.17) is 0 Å². The molecule has 0 unspecified atom stereocenters. The van der Waals surface area contributed by atoms with Gasteiger partial charge in [-0.25, -0.2) is 25.2 Å². The summed E-state index contributed by atoms with van der Waals surface area (Å²) in [7, 11) is -5.87. The number of hydrogen-bond acceptors (Lipinski definition) is 6. The van der Waals surface area contributed by atoms with Gasteiger partial charge in [0.2, 0.25) is 0 Å². The number of hydrogen-bond donors (Lipinski definition) is 1. The largest absolute Gasteiger partial charge is 0.316 e. The summed E-state index contributed by atoms with van der Waals surface area (Å²) in [5.41, 5.74) is 1.97. The Morgan fingerprint density at radius 2 is 1.65 bits per heavy atom. The molecule has 0 saturated carbocycles. The number of rotatable bonds is 7. The van der Waals surface area contributed by atoms with E-state index in [1.807, 2.05) is 0 Å². The van der Waals surface area contributed by atoms with E-state index in [9.17, 15) is 21.2 Å². The molecule has 0 amide bonds. The molecule has 2 heterocycles. The zero-order valence-corrected chi connectivity index (χ0v) is 20.1. The zero-order valence-electron chi connectivity index (χ0n) is 18.4. The molecule has 2 aromatic carbocycles. The molecule has 2 aromatic heterocycles. The predicted molar refractivity (Wildman–Crippen MR) is 128 cm³/mol. The SMILES string of the molecule is CNCc1cc(-c2ccccc2F)n(S(=O)(=O)c2cccc(-c3cncc(S(C)(=O)=O)c3)c2)c1. The molecule has 0 aliphatic rings. The summed E-state index contributed by atoms with van der Waals surface area (Å²) in [5, 5.41) is 2.97. The van der Waals surface area contributed by atoms with Crippen LogP contribution in [0.4, 0.5) is 4.39 Å². The molecular formula is C24H22FN3O4S2. The maximum absolute atomic E-state index is 14.6. The van der Waals surface area contributed by atoms with E-state index < -0.39 is 25.7 Å². The molecule has 4 rings (SSSR count). The molecule has 0 spiro atoms. The number of aromatic nitrogens is 2. The fourth-order valence-electron chi connectivity index (χ4n) is 3.59. The highest BCUT2D eigenvalue weighted by Crippen LogP contribution is 2.31. The molecule has 0 bridgehead atoms. The average molecular weight is 500 g/mol. The van der Waals surface area contributed by atoms with Crippen molar-refractivity contribution >= 4 is 19.9 Å². The van der Waals surface area contributed by atoms with E-state index in [-0.39, 0.29) is 21.0 Å². The van der Waals surface area contributed by atoms with Gasteiger partial charge in [0.25, 0.3) is 10.0 Å². The van der Waals surface area contributed by atoms with Gasteiger partial charge < -0.3 is 5.32 Å². The highest BCUT2D eigenvalue weighted by Gasteiger charge is 2.24. The average Bonchev–Trinajstić information content (AvgIpc) is 3.24. The molecule has 10 heteroatoms. The number of benzene rings is 2. The lowest BCUT2D eigenvalue weighted by Crippen LogP contribution is -2.14. The second kappa shape index (κ2) is 9.13. The van der Waals surface area contributed by atoms with E-state index in [0.717, 1.165) is 10.2 Å². The number of pyridine rings is 1. The standard InChI is InChI=1S/C24H22FN3O4S2/c1-26-13-17-10-24(22-8-3-4-9-23(22)25)28(16-17)34(31,32)20-7-5-6-18(11-20)19-12-21(15-27-14-19)33(2,29)30/h3-12,14-16,26H,13H2,1-2H3. The van der Waals surface area contributed by atoms with Crippen molar-refractivity contribution in [3.63, 3.8) is 0 Å². The minimum absolute atomic E-state index is 0.0287. The first-order valence-electron chi connectivity index (χ1n) is 10.2. The molecular weight excluding hydrogens is 477 g/mol. The molecule has 176 valence electrons. The Kier molecular flexibility index (Phi) is 6.39. The van der Waals surface area contributed by atoms with E-state index in [1.165, 1.54) is 55.0 Å². The van der Waals surface area contributed by atoms with E-state index in [2.05, 4.69) is 10.3 Å². The minimum Gasteiger partial charge on any atom is -0.316 e. The third-order valence-electron chi connectivity index (χ3n) is 5.24. The molecule has 0 atom stereocenters. The van der Waals surface area contributed by atoms with E-state index >= 15 is 0 Å². The monoisotopic (exact) mass is 499 g/mol. The van der Waals surface area contributed by atoms with Crippen molar-refractivity contribution in [2.24, 2.45) is 0 Å². The van der Waals surface area contributed by atoms with Crippen LogP contribution in [-0.2, 0) is 26.4 Å². The van der Waals surface area contributed by atoms with Crippen LogP contribution in [0.5, 0.6) is 0 Å². The van der Waals surface area contributed by atoms with Crippen LogP contribution in [-0.4, -0.2) is 39.1 Å². The van der Waals surface area contributed by atoms with Crippen LogP contribution < -0.4 is 5.32 Å². The first-order valence-corrected chi connectivity index (χ1v) is 13.6. The third-order valence-corrected chi connectivity index (χ3v) is 7.99. The summed E-state index contributed by atoms with van der Waals surface area (Å²) in [4.78, 5) is 3.98. The Labute approximate surface area is 197 Å². The Morgan fingerprint density at radius 1 is 0.912 bits per heavy atom. The van der Waals surface area contributed by atoms with Crippen molar-refractivity contribution in [1.82, 2.24) is 14.3 Å².